The van der Waals surface area contributed by atoms with Gasteiger partial charge in [0.05, 0.1) is 24.4 Å². The predicted molar refractivity (Wildman–Crippen MR) is 249 cm³/mol. The molecule has 10 rings (SSSR count). The number of nitrogens with zero attached hydrogens (tertiary/aromatic N) is 4. The third kappa shape index (κ3) is 9.06. The van der Waals surface area contributed by atoms with Crippen LogP contribution in [0.2, 0.25) is 0 Å². The van der Waals surface area contributed by atoms with Crippen LogP contribution in [0, 0.1) is 23.7 Å². The fourth-order valence-electron chi connectivity index (χ4n) is 13.2. The van der Waals surface area contributed by atoms with Gasteiger partial charge in [0.15, 0.2) is 0 Å². The van der Waals surface area contributed by atoms with Crippen LogP contribution >= 0.6 is 45.2 Å². The number of alkyl halides is 2. The van der Waals surface area contributed by atoms with E-state index in [0.717, 1.165) is 63.0 Å². The van der Waals surface area contributed by atoms with Gasteiger partial charge < -0.3 is 30.4 Å². The number of carbonyl (C=O) groups excluding carboxylic acids is 2. The molecule has 6 aliphatic heterocycles. The van der Waals surface area contributed by atoms with E-state index >= 15 is 0 Å². The largest absolute Gasteiger partial charge is 0.375 e. The van der Waals surface area contributed by atoms with Crippen molar-refractivity contribution in [1.29, 1.82) is 0 Å². The predicted octanol–water partition coefficient (Wildman–Crippen LogP) is 7.03. The number of amides is 2. The summed E-state index contributed by atoms with van der Waals surface area (Å²) in [6.45, 7) is 4.23. The molecular weight excluding hydrogens is 986 g/mol. The number of likely N-dealkylation sites (tertiary alicyclic amines) is 2. The molecule has 12 nitrogen and oxygen atoms in total. The second-order valence-electron chi connectivity index (χ2n) is 18.3. The molecule has 8 heterocycles. The zero-order chi connectivity index (χ0) is 42.6. The fourth-order valence-corrected chi connectivity index (χ4v) is 13.2. The number of carbonyl (C=O) groups is 2. The zero-order valence-corrected chi connectivity index (χ0v) is 40.4. The summed E-state index contributed by atoms with van der Waals surface area (Å²) in [6, 6.07) is 9.05. The van der Waals surface area contributed by atoms with Crippen molar-refractivity contribution in [2.45, 2.75) is 138 Å². The van der Waals surface area contributed by atoms with Gasteiger partial charge >= 0.3 is 0 Å². The number of piperidine rings is 2. The Hall–Kier alpha value is -1.54. The van der Waals surface area contributed by atoms with Crippen molar-refractivity contribution in [2.75, 3.05) is 50.3 Å². The van der Waals surface area contributed by atoms with E-state index in [4.69, 9.17) is 30.4 Å². The molecule has 8 unspecified atom stereocenters. The summed E-state index contributed by atoms with van der Waals surface area (Å²) in [6.07, 6.45) is 22.1. The fraction of sp³-hybridized carbons (Fsp3) is 0.739. The average Bonchev–Trinajstić information content (AvgIpc) is 3.80. The maximum Gasteiger partial charge on any atom is 0.267 e. The lowest BCUT2D eigenvalue weighted by atomic mass is 9.62. The molecule has 0 aromatic carbocycles. The second-order valence-corrected chi connectivity index (χ2v) is 18.3. The van der Waals surface area contributed by atoms with Crippen molar-refractivity contribution in [3.05, 3.63) is 59.2 Å². The first-order valence-corrected chi connectivity index (χ1v) is 26.7. The number of hydrogen-bond donors (Lipinski definition) is 2. The van der Waals surface area contributed by atoms with Gasteiger partial charge in [-0.3, -0.25) is 29.4 Å². The molecule has 0 spiro atoms. The summed E-state index contributed by atoms with van der Waals surface area (Å²) >= 11 is 4.30. The molecule has 2 aromatic rings. The van der Waals surface area contributed by atoms with Crippen LogP contribution in [0.15, 0.2) is 36.7 Å². The van der Waals surface area contributed by atoms with Crippen LogP contribution in [0.25, 0.3) is 0 Å². The number of hydrogen-bond acceptors (Lipinski definition) is 10. The van der Waals surface area contributed by atoms with Crippen molar-refractivity contribution in [1.82, 2.24) is 19.8 Å². The quantitative estimate of drug-likeness (QED) is 0.208. The van der Waals surface area contributed by atoms with E-state index < -0.39 is 11.8 Å². The number of primary amides is 2. The molecule has 2 aromatic heterocycles. The molecule has 2 saturated carbocycles. The monoisotopic (exact) mass is 1050 g/mol. The number of fused-ring (bicyclic) bond motifs is 8. The average molecular weight is 1050 g/mol. The van der Waals surface area contributed by atoms with Gasteiger partial charge in [0, 0.05) is 88.5 Å². The smallest absolute Gasteiger partial charge is 0.267 e. The molecule has 332 valence electrons. The number of pyridine rings is 2. The van der Waals surface area contributed by atoms with Gasteiger partial charge in [-0.1, -0.05) is 58.0 Å². The number of nitrogens with two attached hydrogens (primary N) is 2. The lowest BCUT2D eigenvalue weighted by Crippen LogP contribution is -2.61. The normalized spacial score (nSPS) is 37.9. The second kappa shape index (κ2) is 20.5. The van der Waals surface area contributed by atoms with E-state index in [2.05, 4.69) is 64.9 Å². The first kappa shape index (κ1) is 46.5. The van der Waals surface area contributed by atoms with E-state index in [-0.39, 0.29) is 11.2 Å². The van der Waals surface area contributed by atoms with Gasteiger partial charge in [0.25, 0.3) is 11.8 Å². The summed E-state index contributed by atoms with van der Waals surface area (Å²) in [4.78, 5) is 41.1. The molecule has 2 aliphatic carbocycles. The van der Waals surface area contributed by atoms with Crippen LogP contribution in [0.5, 0.6) is 0 Å². The topological polar surface area (TPSA) is 155 Å². The SMILES string of the molecule is CI.CI.COC1(c2ccnc(C(N)=O)c2)C2CCCC1CN(C1CC3CCC(C1)O3)C2.COC1(c2ccnc(C(N)=O)c2)C2CCCC1CN(C1CC3CCC(C1)O3)C2. The summed E-state index contributed by atoms with van der Waals surface area (Å²) in [5, 5.41) is 0. The molecule has 8 aliphatic rings. The van der Waals surface area contributed by atoms with Crippen LogP contribution < -0.4 is 11.5 Å². The van der Waals surface area contributed by atoms with Gasteiger partial charge in [-0.25, -0.2) is 0 Å². The molecule has 14 heteroatoms. The Kier molecular flexibility index (Phi) is 15.9. The summed E-state index contributed by atoms with van der Waals surface area (Å²) in [7, 11) is 3.67. The minimum absolute atomic E-state index is 0.329. The highest BCUT2D eigenvalue weighted by Gasteiger charge is 2.56. The Bertz CT molecular complexity index is 1600. The Balaban J connectivity index is 0.000000168. The van der Waals surface area contributed by atoms with E-state index in [9.17, 15) is 9.59 Å². The van der Waals surface area contributed by atoms with Crippen molar-refractivity contribution in [3.8, 4) is 0 Å². The zero-order valence-electron chi connectivity index (χ0n) is 36.1. The molecule has 0 radical (unpaired) electrons. The van der Waals surface area contributed by atoms with Gasteiger partial charge in [0.1, 0.15) is 22.6 Å². The number of rotatable bonds is 8. The highest BCUT2D eigenvalue weighted by molar-refractivity contribution is 14.1. The number of halogens is 2. The van der Waals surface area contributed by atoms with Crippen LogP contribution in [0.3, 0.4) is 0 Å². The molecule has 60 heavy (non-hydrogen) atoms. The summed E-state index contributed by atoms with van der Waals surface area (Å²) < 4.78 is 24.8. The Morgan fingerprint density at radius 3 is 1.20 bits per heavy atom. The molecule has 2 amide bonds. The number of methoxy groups -OCH3 is 2. The number of aromatic nitrogens is 2. The molecule has 6 saturated heterocycles. The first-order valence-electron chi connectivity index (χ1n) is 22.4. The lowest BCUT2D eigenvalue weighted by molar-refractivity contribution is -0.180. The molecule has 8 atom stereocenters. The van der Waals surface area contributed by atoms with E-state index in [1.54, 1.807) is 12.4 Å². The van der Waals surface area contributed by atoms with E-state index in [1.807, 2.05) is 48.3 Å². The minimum atomic E-state index is -0.478. The maximum absolute atomic E-state index is 11.7. The molecule has 8 fully saturated rings. The lowest BCUT2D eigenvalue weighted by Gasteiger charge is -2.57. The number of ether oxygens (including phenoxy) is 4. The molecular formula is C46H68I2N6O6. The van der Waals surface area contributed by atoms with E-state index in [0.29, 0.717) is 71.6 Å². The third-order valence-corrected chi connectivity index (χ3v) is 15.6. The Morgan fingerprint density at radius 2 is 0.917 bits per heavy atom. The van der Waals surface area contributed by atoms with Crippen molar-refractivity contribution in [3.63, 3.8) is 0 Å². The van der Waals surface area contributed by atoms with Gasteiger partial charge in [-0.2, -0.15) is 0 Å². The van der Waals surface area contributed by atoms with Gasteiger partial charge in [-0.05, 0) is 122 Å². The van der Waals surface area contributed by atoms with Gasteiger partial charge in [-0.15, -0.1) is 0 Å². The minimum Gasteiger partial charge on any atom is -0.375 e. The maximum atomic E-state index is 11.7. The summed E-state index contributed by atoms with van der Waals surface area (Å²) in [5.41, 5.74) is 13.1. The molecule has 4 N–H and O–H groups in total. The summed E-state index contributed by atoms with van der Waals surface area (Å²) in [5.74, 6) is 0.742. The standard InChI is InChI=1S/2C22H31N3O3.2CH3I/c2*1-27-22(14-7-8-24-20(9-14)21(23)26)15-3-2-4-16(22)13-25(12-15)17-10-18-5-6-19(11-17)28-18;2*1-2/h2*7-9,15-19H,2-6,10-13H2,1H3,(H2,23,26);2*1H3. The van der Waals surface area contributed by atoms with Gasteiger partial charge in [0.2, 0.25) is 0 Å². The first-order chi connectivity index (χ1) is 29.2. The van der Waals surface area contributed by atoms with Crippen molar-refractivity contribution in [2.24, 2.45) is 35.1 Å². The van der Waals surface area contributed by atoms with Crippen LogP contribution in [0.4, 0.5) is 0 Å². The highest BCUT2D eigenvalue weighted by Crippen LogP contribution is 2.54. The highest BCUT2D eigenvalue weighted by atomic mass is 127. The third-order valence-electron chi connectivity index (χ3n) is 15.6. The Labute approximate surface area is 385 Å². The molecule has 8 bridgehead atoms. The van der Waals surface area contributed by atoms with Crippen LogP contribution in [0.1, 0.15) is 122 Å². The Morgan fingerprint density at radius 1 is 0.600 bits per heavy atom. The van der Waals surface area contributed by atoms with Crippen LogP contribution in [-0.2, 0) is 30.1 Å². The van der Waals surface area contributed by atoms with Crippen molar-refractivity contribution < 1.29 is 28.5 Å². The van der Waals surface area contributed by atoms with Crippen LogP contribution in [-0.4, -0.2) is 118 Å². The van der Waals surface area contributed by atoms with Crippen molar-refractivity contribution >= 4 is 57.0 Å². The van der Waals surface area contributed by atoms with E-state index in [1.165, 1.54) is 64.2 Å².